The number of nitrogens with zero attached hydrogens (tertiary/aromatic N) is 4. The van der Waals surface area contributed by atoms with Crippen LogP contribution >= 0.6 is 0 Å². The minimum Gasteiger partial charge on any atom is -0.371 e. The van der Waals surface area contributed by atoms with Gasteiger partial charge in [0.25, 0.3) is 5.91 Å². The smallest absolute Gasteiger partial charge is 0.256 e. The summed E-state index contributed by atoms with van der Waals surface area (Å²) < 4.78 is 26.7. The van der Waals surface area contributed by atoms with Gasteiger partial charge in [-0.3, -0.25) is 9.69 Å². The van der Waals surface area contributed by atoms with Gasteiger partial charge in [-0.05, 0) is 43.0 Å². The molecule has 2 heterocycles. The standard InChI is InChI=1S/C25H34N4O3S/c1-26(2)33(31,32)22-11-12-24(28-13-7-4-8-14-28)23(19-22)25(30)29-17-15-27(16-18-29)20-21-9-5-3-6-10-21/h3,5-6,9-12,19H,4,7-8,13-18,20H2,1-2H3. The second-order valence-electron chi connectivity index (χ2n) is 9.07. The third kappa shape index (κ3) is 5.39. The monoisotopic (exact) mass is 470 g/mol. The molecule has 0 atom stereocenters. The van der Waals surface area contributed by atoms with Gasteiger partial charge in [0.05, 0.1) is 10.5 Å². The molecule has 2 fully saturated rings. The first-order chi connectivity index (χ1) is 15.9. The van der Waals surface area contributed by atoms with E-state index in [1.807, 2.05) is 29.2 Å². The maximum atomic E-state index is 13.6. The number of carbonyl (C=O) groups excluding carboxylic acids is 1. The predicted octanol–water partition coefficient (Wildman–Crippen LogP) is 2.89. The van der Waals surface area contributed by atoms with Crippen molar-refractivity contribution in [1.82, 2.24) is 14.1 Å². The highest BCUT2D eigenvalue weighted by molar-refractivity contribution is 7.89. The molecule has 0 spiro atoms. The quantitative estimate of drug-likeness (QED) is 0.650. The summed E-state index contributed by atoms with van der Waals surface area (Å²) in [5.41, 5.74) is 2.62. The SMILES string of the molecule is CN(C)S(=O)(=O)c1ccc(N2CCCCC2)c(C(=O)N2CCN(Cc3ccccc3)CC2)c1. The average Bonchev–Trinajstić information content (AvgIpc) is 2.85. The fourth-order valence-electron chi connectivity index (χ4n) is 4.59. The molecule has 1 amide bonds. The fraction of sp³-hybridized carbons (Fsp3) is 0.480. The van der Waals surface area contributed by atoms with Crippen molar-refractivity contribution >= 4 is 21.6 Å². The lowest BCUT2D eigenvalue weighted by Crippen LogP contribution is -2.48. The summed E-state index contributed by atoms with van der Waals surface area (Å²) in [6, 6.07) is 15.4. The van der Waals surface area contributed by atoms with Crippen molar-refractivity contribution < 1.29 is 13.2 Å². The number of sulfonamides is 1. The molecule has 0 radical (unpaired) electrons. The Hall–Kier alpha value is -2.42. The maximum absolute atomic E-state index is 13.6. The number of hydrogen-bond donors (Lipinski definition) is 0. The molecular formula is C25H34N4O3S. The molecule has 8 heteroatoms. The highest BCUT2D eigenvalue weighted by Crippen LogP contribution is 2.29. The summed E-state index contributed by atoms with van der Waals surface area (Å²) in [6.07, 6.45) is 3.36. The Bertz CT molecular complexity index is 1060. The Labute approximate surface area is 197 Å². The van der Waals surface area contributed by atoms with Crippen molar-refractivity contribution in [3.05, 3.63) is 59.7 Å². The first kappa shape index (κ1) is 23.7. The Morgan fingerprint density at radius 2 is 1.55 bits per heavy atom. The minimum absolute atomic E-state index is 0.0780. The molecule has 0 saturated carbocycles. The van der Waals surface area contributed by atoms with Crippen molar-refractivity contribution in [2.75, 3.05) is 58.3 Å². The third-order valence-corrected chi connectivity index (χ3v) is 8.39. The second kappa shape index (κ2) is 10.2. The van der Waals surface area contributed by atoms with Crippen molar-refractivity contribution in [3.8, 4) is 0 Å². The van der Waals surface area contributed by atoms with Crippen LogP contribution in [0.15, 0.2) is 53.4 Å². The van der Waals surface area contributed by atoms with E-state index in [4.69, 9.17) is 0 Å². The summed E-state index contributed by atoms with van der Waals surface area (Å²) in [5, 5.41) is 0. The second-order valence-corrected chi connectivity index (χ2v) is 11.2. The molecule has 0 aliphatic carbocycles. The maximum Gasteiger partial charge on any atom is 0.256 e. The molecule has 0 N–H and O–H groups in total. The molecule has 2 aliphatic heterocycles. The van der Waals surface area contributed by atoms with Crippen molar-refractivity contribution in [2.24, 2.45) is 0 Å². The minimum atomic E-state index is -3.62. The Morgan fingerprint density at radius 3 is 2.18 bits per heavy atom. The van der Waals surface area contributed by atoms with Gasteiger partial charge < -0.3 is 9.80 Å². The number of piperazine rings is 1. The van der Waals surface area contributed by atoms with Crippen LogP contribution in [0.4, 0.5) is 5.69 Å². The summed E-state index contributed by atoms with van der Waals surface area (Å²) in [6.45, 7) is 5.53. The van der Waals surface area contributed by atoms with E-state index in [1.165, 1.54) is 30.4 Å². The molecule has 0 unspecified atom stereocenters. The molecular weight excluding hydrogens is 436 g/mol. The molecule has 2 aliphatic rings. The van der Waals surface area contributed by atoms with E-state index in [0.29, 0.717) is 18.7 Å². The number of amides is 1. The molecule has 2 saturated heterocycles. The zero-order chi connectivity index (χ0) is 23.4. The molecule has 33 heavy (non-hydrogen) atoms. The van der Waals surface area contributed by atoms with Gasteiger partial charge in [0.15, 0.2) is 0 Å². The van der Waals surface area contributed by atoms with Crippen LogP contribution in [-0.4, -0.2) is 81.8 Å². The Kier molecular flexibility index (Phi) is 7.36. The number of hydrogen-bond acceptors (Lipinski definition) is 5. The topological polar surface area (TPSA) is 64.2 Å². The van der Waals surface area contributed by atoms with Gasteiger partial charge in [-0.15, -0.1) is 0 Å². The van der Waals surface area contributed by atoms with Crippen LogP contribution in [-0.2, 0) is 16.6 Å². The van der Waals surface area contributed by atoms with Crippen molar-refractivity contribution in [2.45, 2.75) is 30.7 Å². The van der Waals surface area contributed by atoms with Crippen LogP contribution in [0.3, 0.4) is 0 Å². The molecule has 2 aromatic carbocycles. The molecule has 0 bridgehead atoms. The van der Waals surface area contributed by atoms with Gasteiger partial charge in [-0.25, -0.2) is 12.7 Å². The van der Waals surface area contributed by atoms with Crippen LogP contribution in [0.25, 0.3) is 0 Å². The van der Waals surface area contributed by atoms with Crippen LogP contribution in [0, 0.1) is 0 Å². The third-order valence-electron chi connectivity index (χ3n) is 6.58. The molecule has 7 nitrogen and oxygen atoms in total. The number of rotatable bonds is 6. The van der Waals surface area contributed by atoms with Gasteiger partial charge >= 0.3 is 0 Å². The molecule has 0 aromatic heterocycles. The van der Waals surface area contributed by atoms with Gasteiger partial charge in [0.1, 0.15) is 0 Å². The lowest BCUT2D eigenvalue weighted by Gasteiger charge is -2.36. The van der Waals surface area contributed by atoms with E-state index in [2.05, 4.69) is 21.9 Å². The zero-order valence-electron chi connectivity index (χ0n) is 19.6. The first-order valence-corrected chi connectivity index (χ1v) is 13.2. The lowest BCUT2D eigenvalue weighted by atomic mass is 10.1. The number of carbonyl (C=O) groups is 1. The van der Waals surface area contributed by atoms with Crippen LogP contribution in [0.1, 0.15) is 35.2 Å². The molecule has 4 rings (SSSR count). The predicted molar refractivity (Wildman–Crippen MR) is 131 cm³/mol. The van der Waals surface area contributed by atoms with Crippen LogP contribution < -0.4 is 4.90 Å². The van der Waals surface area contributed by atoms with E-state index in [9.17, 15) is 13.2 Å². The summed E-state index contributed by atoms with van der Waals surface area (Å²) >= 11 is 0. The van der Waals surface area contributed by atoms with E-state index in [-0.39, 0.29) is 10.8 Å². The summed E-state index contributed by atoms with van der Waals surface area (Å²) in [4.78, 5) is 20.3. The normalized spacial score (nSPS) is 18.0. The van der Waals surface area contributed by atoms with Gasteiger partial charge in [-0.1, -0.05) is 30.3 Å². The first-order valence-electron chi connectivity index (χ1n) is 11.7. The average molecular weight is 471 g/mol. The number of anilines is 1. The van der Waals surface area contributed by atoms with E-state index in [0.717, 1.165) is 51.3 Å². The van der Waals surface area contributed by atoms with Crippen LogP contribution in [0.5, 0.6) is 0 Å². The highest BCUT2D eigenvalue weighted by atomic mass is 32.2. The van der Waals surface area contributed by atoms with E-state index < -0.39 is 10.0 Å². The lowest BCUT2D eigenvalue weighted by molar-refractivity contribution is 0.0628. The van der Waals surface area contributed by atoms with Gasteiger partial charge in [0.2, 0.25) is 10.0 Å². The zero-order valence-corrected chi connectivity index (χ0v) is 20.4. The highest BCUT2D eigenvalue weighted by Gasteiger charge is 2.28. The van der Waals surface area contributed by atoms with Gasteiger partial charge in [0, 0.05) is 65.6 Å². The summed E-state index contributed by atoms with van der Waals surface area (Å²) in [7, 11) is -0.588. The molecule has 178 valence electrons. The Morgan fingerprint density at radius 1 is 0.879 bits per heavy atom. The largest absolute Gasteiger partial charge is 0.371 e. The molecule has 2 aromatic rings. The number of benzene rings is 2. The van der Waals surface area contributed by atoms with Crippen LogP contribution in [0.2, 0.25) is 0 Å². The van der Waals surface area contributed by atoms with E-state index >= 15 is 0 Å². The Balaban J connectivity index is 1.55. The number of piperidine rings is 1. The van der Waals surface area contributed by atoms with E-state index in [1.54, 1.807) is 12.1 Å². The van der Waals surface area contributed by atoms with Gasteiger partial charge in [-0.2, -0.15) is 0 Å². The van der Waals surface area contributed by atoms with Crippen molar-refractivity contribution in [1.29, 1.82) is 0 Å². The summed E-state index contributed by atoms with van der Waals surface area (Å²) in [5.74, 6) is -0.0780. The fourth-order valence-corrected chi connectivity index (χ4v) is 5.52. The van der Waals surface area contributed by atoms with Crippen molar-refractivity contribution in [3.63, 3.8) is 0 Å².